The monoisotopic (exact) mass is 222 g/mol. The van der Waals surface area contributed by atoms with Gasteiger partial charge in [0.1, 0.15) is 5.82 Å². The fourth-order valence-electron chi connectivity index (χ4n) is 2.46. The van der Waals surface area contributed by atoms with Crippen LogP contribution in [0.15, 0.2) is 18.2 Å². The zero-order valence-electron chi connectivity index (χ0n) is 9.91. The lowest BCUT2D eigenvalue weighted by atomic mass is 9.91. The molecule has 1 aliphatic heterocycles. The van der Waals surface area contributed by atoms with Gasteiger partial charge < -0.3 is 10.6 Å². The number of rotatable bonds is 1. The zero-order chi connectivity index (χ0) is 11.7. The lowest BCUT2D eigenvalue weighted by Gasteiger charge is -2.39. The van der Waals surface area contributed by atoms with Crippen molar-refractivity contribution in [2.24, 2.45) is 5.92 Å². The second-order valence-corrected chi connectivity index (χ2v) is 4.80. The van der Waals surface area contributed by atoms with Crippen LogP contribution in [0.4, 0.5) is 15.8 Å². The van der Waals surface area contributed by atoms with Gasteiger partial charge in [0, 0.05) is 24.0 Å². The average molecular weight is 222 g/mol. The lowest BCUT2D eigenvalue weighted by molar-refractivity contribution is 0.363. The van der Waals surface area contributed by atoms with Gasteiger partial charge in [-0.25, -0.2) is 4.39 Å². The van der Waals surface area contributed by atoms with Crippen LogP contribution in [0.1, 0.15) is 26.7 Å². The van der Waals surface area contributed by atoms with E-state index >= 15 is 0 Å². The van der Waals surface area contributed by atoms with Crippen LogP contribution >= 0.6 is 0 Å². The van der Waals surface area contributed by atoms with Gasteiger partial charge in [-0.05, 0) is 43.9 Å². The highest BCUT2D eigenvalue weighted by Gasteiger charge is 2.25. The number of anilines is 2. The molecule has 2 nitrogen and oxygen atoms in total. The number of halogens is 1. The fraction of sp³-hybridized carbons (Fsp3) is 0.538. The Labute approximate surface area is 96.2 Å². The summed E-state index contributed by atoms with van der Waals surface area (Å²) >= 11 is 0. The Morgan fingerprint density at radius 1 is 1.31 bits per heavy atom. The molecule has 1 aromatic carbocycles. The molecule has 0 bridgehead atoms. The fourth-order valence-corrected chi connectivity index (χ4v) is 2.46. The maximum atomic E-state index is 13.3. The van der Waals surface area contributed by atoms with E-state index in [1.807, 2.05) is 6.07 Å². The van der Waals surface area contributed by atoms with E-state index in [1.165, 1.54) is 18.9 Å². The van der Waals surface area contributed by atoms with Crippen LogP contribution in [-0.4, -0.2) is 12.6 Å². The van der Waals surface area contributed by atoms with Gasteiger partial charge in [-0.3, -0.25) is 0 Å². The van der Waals surface area contributed by atoms with Crippen LogP contribution < -0.4 is 10.6 Å². The number of benzene rings is 1. The number of nitrogens with zero attached hydrogens (tertiary/aromatic N) is 1. The number of hydrogen-bond acceptors (Lipinski definition) is 2. The standard InChI is InChI=1S/C13H19FN2/c1-9-4-3-5-16(10(9)2)13-7-11(14)6-12(15)8-13/h6-10H,3-5,15H2,1-2H3. The number of piperidine rings is 1. The van der Waals surface area contributed by atoms with Crippen molar-refractivity contribution in [2.75, 3.05) is 17.2 Å². The third-order valence-corrected chi connectivity index (χ3v) is 3.61. The summed E-state index contributed by atoms with van der Waals surface area (Å²) in [5, 5.41) is 0. The highest BCUT2D eigenvalue weighted by molar-refractivity contribution is 5.57. The minimum absolute atomic E-state index is 0.250. The third kappa shape index (κ3) is 2.13. The molecule has 1 fully saturated rings. The molecular formula is C13H19FN2. The summed E-state index contributed by atoms with van der Waals surface area (Å²) in [6.45, 7) is 5.44. The summed E-state index contributed by atoms with van der Waals surface area (Å²) < 4.78 is 13.3. The Bertz CT molecular complexity index is 358. The third-order valence-electron chi connectivity index (χ3n) is 3.61. The molecule has 0 aliphatic carbocycles. The van der Waals surface area contributed by atoms with Crippen molar-refractivity contribution in [3.63, 3.8) is 0 Å². The van der Waals surface area contributed by atoms with Crippen LogP contribution in [0.25, 0.3) is 0 Å². The molecule has 0 radical (unpaired) electrons. The van der Waals surface area contributed by atoms with Gasteiger partial charge in [0.2, 0.25) is 0 Å². The smallest absolute Gasteiger partial charge is 0.127 e. The summed E-state index contributed by atoms with van der Waals surface area (Å²) in [7, 11) is 0. The van der Waals surface area contributed by atoms with E-state index in [2.05, 4.69) is 18.7 Å². The largest absolute Gasteiger partial charge is 0.399 e. The summed E-state index contributed by atoms with van der Waals surface area (Å²) in [6, 6.07) is 5.25. The van der Waals surface area contributed by atoms with Crippen LogP contribution in [0.3, 0.4) is 0 Å². The summed E-state index contributed by atoms with van der Waals surface area (Å²) in [5.74, 6) is 0.402. The molecule has 1 saturated heterocycles. The van der Waals surface area contributed by atoms with Crippen molar-refractivity contribution >= 4 is 11.4 Å². The predicted octanol–water partition coefficient (Wildman–Crippen LogP) is 3.03. The SMILES string of the molecule is CC1CCCN(c2cc(N)cc(F)c2)C1C. The van der Waals surface area contributed by atoms with E-state index in [0.29, 0.717) is 17.6 Å². The van der Waals surface area contributed by atoms with Crippen molar-refractivity contribution in [1.82, 2.24) is 0 Å². The van der Waals surface area contributed by atoms with Crippen LogP contribution in [-0.2, 0) is 0 Å². The summed E-state index contributed by atoms with van der Waals surface area (Å²) in [5.41, 5.74) is 7.09. The van der Waals surface area contributed by atoms with Gasteiger partial charge >= 0.3 is 0 Å². The first-order valence-corrected chi connectivity index (χ1v) is 5.90. The first-order valence-electron chi connectivity index (χ1n) is 5.90. The molecule has 3 heteroatoms. The van der Waals surface area contributed by atoms with Crippen molar-refractivity contribution in [3.05, 3.63) is 24.0 Å². The van der Waals surface area contributed by atoms with Gasteiger partial charge in [0.25, 0.3) is 0 Å². The van der Waals surface area contributed by atoms with Gasteiger partial charge in [-0.1, -0.05) is 6.92 Å². The lowest BCUT2D eigenvalue weighted by Crippen LogP contribution is -2.42. The molecule has 0 saturated carbocycles. The summed E-state index contributed by atoms with van der Waals surface area (Å²) in [6.07, 6.45) is 2.42. The second kappa shape index (κ2) is 4.32. The number of nitrogens with two attached hydrogens (primary N) is 1. The molecule has 0 spiro atoms. The van der Waals surface area contributed by atoms with Crippen molar-refractivity contribution in [3.8, 4) is 0 Å². The van der Waals surface area contributed by atoms with E-state index in [9.17, 15) is 4.39 Å². The van der Waals surface area contributed by atoms with E-state index in [-0.39, 0.29) is 5.82 Å². The second-order valence-electron chi connectivity index (χ2n) is 4.80. The molecule has 16 heavy (non-hydrogen) atoms. The van der Waals surface area contributed by atoms with Crippen LogP contribution in [0.2, 0.25) is 0 Å². The molecule has 0 aromatic heterocycles. The topological polar surface area (TPSA) is 29.3 Å². The Balaban J connectivity index is 2.28. The number of nitrogen functional groups attached to an aromatic ring is 1. The van der Waals surface area contributed by atoms with E-state index in [0.717, 1.165) is 12.2 Å². The zero-order valence-corrected chi connectivity index (χ0v) is 9.91. The van der Waals surface area contributed by atoms with Crippen LogP contribution in [0, 0.1) is 11.7 Å². The minimum Gasteiger partial charge on any atom is -0.399 e. The van der Waals surface area contributed by atoms with Gasteiger partial charge in [-0.2, -0.15) is 0 Å². The first kappa shape index (κ1) is 11.2. The average Bonchev–Trinajstić information content (AvgIpc) is 2.20. The van der Waals surface area contributed by atoms with E-state index in [4.69, 9.17) is 5.73 Å². The molecule has 2 rings (SSSR count). The van der Waals surface area contributed by atoms with E-state index < -0.39 is 0 Å². The molecular weight excluding hydrogens is 203 g/mol. The molecule has 2 unspecified atom stereocenters. The van der Waals surface area contributed by atoms with E-state index in [1.54, 1.807) is 6.07 Å². The maximum absolute atomic E-state index is 13.3. The Kier molecular flexibility index (Phi) is 3.03. The van der Waals surface area contributed by atoms with Gasteiger partial charge in [0.15, 0.2) is 0 Å². The van der Waals surface area contributed by atoms with Gasteiger partial charge in [0.05, 0.1) is 0 Å². The van der Waals surface area contributed by atoms with Gasteiger partial charge in [-0.15, -0.1) is 0 Å². The van der Waals surface area contributed by atoms with Crippen molar-refractivity contribution < 1.29 is 4.39 Å². The minimum atomic E-state index is -0.250. The number of hydrogen-bond donors (Lipinski definition) is 1. The molecule has 1 aromatic rings. The molecule has 1 heterocycles. The molecule has 2 N–H and O–H groups in total. The Hall–Kier alpha value is -1.25. The Morgan fingerprint density at radius 3 is 2.75 bits per heavy atom. The highest BCUT2D eigenvalue weighted by Crippen LogP contribution is 2.29. The maximum Gasteiger partial charge on any atom is 0.127 e. The van der Waals surface area contributed by atoms with Crippen molar-refractivity contribution in [1.29, 1.82) is 0 Å². The molecule has 1 aliphatic rings. The first-order chi connectivity index (χ1) is 7.58. The Morgan fingerprint density at radius 2 is 2.06 bits per heavy atom. The molecule has 88 valence electrons. The highest BCUT2D eigenvalue weighted by atomic mass is 19.1. The normalized spacial score (nSPS) is 25.8. The van der Waals surface area contributed by atoms with Crippen molar-refractivity contribution in [2.45, 2.75) is 32.7 Å². The quantitative estimate of drug-likeness (QED) is 0.740. The molecule has 2 atom stereocenters. The van der Waals surface area contributed by atoms with Crippen LogP contribution in [0.5, 0.6) is 0 Å². The predicted molar refractivity (Wildman–Crippen MR) is 66.0 cm³/mol. The summed E-state index contributed by atoms with van der Waals surface area (Å²) in [4.78, 5) is 2.26. The molecule has 0 amide bonds.